The van der Waals surface area contributed by atoms with Crippen LogP contribution in [0.25, 0.3) is 0 Å². The zero-order valence-electron chi connectivity index (χ0n) is 6.95. The second-order valence-corrected chi connectivity index (χ2v) is 4.65. The van der Waals surface area contributed by atoms with Gasteiger partial charge < -0.3 is 5.32 Å². The minimum atomic E-state index is 0.654. The first-order chi connectivity index (χ1) is 6.74. The van der Waals surface area contributed by atoms with Gasteiger partial charge in [-0.15, -0.1) is 5.10 Å². The molecule has 0 unspecified atom stereocenters. The van der Waals surface area contributed by atoms with Crippen LogP contribution < -0.4 is 5.32 Å². The van der Waals surface area contributed by atoms with Crippen molar-refractivity contribution in [2.45, 2.75) is 0 Å². The smallest absolute Gasteiger partial charge is 0.208 e. The number of hydrogen-bond donors (Lipinski definition) is 2. The molecule has 72 valence electrons. The lowest BCUT2D eigenvalue weighted by Gasteiger charge is -2.00. The van der Waals surface area contributed by atoms with Gasteiger partial charge in [0.05, 0.1) is 0 Å². The van der Waals surface area contributed by atoms with E-state index in [9.17, 15) is 0 Å². The fourth-order valence-electron chi connectivity index (χ4n) is 0.940. The topological polar surface area (TPSA) is 40.7 Å². The lowest BCUT2D eigenvalue weighted by Crippen LogP contribution is -1.88. The Morgan fingerprint density at radius 2 is 2.07 bits per heavy atom. The summed E-state index contributed by atoms with van der Waals surface area (Å²) in [7, 11) is 0. The molecular formula is C8H6ClN3S2. The molecule has 0 saturated carbocycles. The second kappa shape index (κ2) is 4.08. The Morgan fingerprint density at radius 1 is 1.36 bits per heavy atom. The Hall–Kier alpha value is -0.910. The van der Waals surface area contributed by atoms with Gasteiger partial charge in [-0.1, -0.05) is 22.9 Å². The third-order valence-electron chi connectivity index (χ3n) is 1.53. The molecule has 0 radical (unpaired) electrons. The van der Waals surface area contributed by atoms with E-state index < -0.39 is 0 Å². The quantitative estimate of drug-likeness (QED) is 0.792. The van der Waals surface area contributed by atoms with Crippen LogP contribution in [-0.2, 0) is 0 Å². The highest BCUT2D eigenvalue weighted by molar-refractivity contribution is 7.73. The molecule has 0 aliphatic carbocycles. The van der Waals surface area contributed by atoms with Gasteiger partial charge in [0.1, 0.15) is 0 Å². The van der Waals surface area contributed by atoms with Gasteiger partial charge in [-0.2, -0.15) is 0 Å². The average Bonchev–Trinajstić information content (AvgIpc) is 2.56. The summed E-state index contributed by atoms with van der Waals surface area (Å²) in [6.45, 7) is 0. The molecule has 0 aliphatic heterocycles. The fourth-order valence-corrected chi connectivity index (χ4v) is 1.88. The Balaban J connectivity index is 2.19. The largest absolute Gasteiger partial charge is 0.330 e. The van der Waals surface area contributed by atoms with Gasteiger partial charge in [0.25, 0.3) is 0 Å². The van der Waals surface area contributed by atoms with Crippen LogP contribution in [0.1, 0.15) is 0 Å². The molecule has 2 aromatic rings. The van der Waals surface area contributed by atoms with Gasteiger partial charge in [-0.25, -0.2) is 0 Å². The first-order valence-electron chi connectivity index (χ1n) is 3.82. The average molecular weight is 244 g/mol. The van der Waals surface area contributed by atoms with Crippen molar-refractivity contribution in [3.05, 3.63) is 33.2 Å². The van der Waals surface area contributed by atoms with Crippen LogP contribution in [0, 0.1) is 3.95 Å². The summed E-state index contributed by atoms with van der Waals surface area (Å²) in [6.07, 6.45) is 0. The van der Waals surface area contributed by atoms with Crippen LogP contribution in [0.5, 0.6) is 0 Å². The predicted octanol–water partition coefficient (Wildman–Crippen LogP) is 3.60. The summed E-state index contributed by atoms with van der Waals surface area (Å²) in [5.41, 5.74) is 0.937. The molecular weight excluding hydrogens is 238 g/mol. The fraction of sp³-hybridized carbons (Fsp3) is 0. The number of hydrogen-bond acceptors (Lipinski definition) is 4. The van der Waals surface area contributed by atoms with Crippen molar-refractivity contribution in [1.29, 1.82) is 0 Å². The number of anilines is 2. The Labute approximate surface area is 94.7 Å². The zero-order chi connectivity index (χ0) is 9.97. The summed E-state index contributed by atoms with van der Waals surface area (Å²) in [5, 5.41) is 11.2. The number of benzene rings is 1. The van der Waals surface area contributed by atoms with E-state index in [1.165, 1.54) is 11.3 Å². The van der Waals surface area contributed by atoms with Crippen LogP contribution in [0.15, 0.2) is 24.3 Å². The van der Waals surface area contributed by atoms with Gasteiger partial charge in [-0.3, -0.25) is 5.10 Å². The third kappa shape index (κ3) is 2.31. The number of aromatic amines is 1. The highest BCUT2D eigenvalue weighted by Crippen LogP contribution is 2.20. The summed E-state index contributed by atoms with van der Waals surface area (Å²) in [5.74, 6) is 0. The lowest BCUT2D eigenvalue weighted by molar-refractivity contribution is 1.08. The van der Waals surface area contributed by atoms with Crippen LogP contribution in [-0.4, -0.2) is 10.2 Å². The summed E-state index contributed by atoms with van der Waals surface area (Å²) >= 11 is 12.1. The molecule has 0 aliphatic rings. The minimum absolute atomic E-state index is 0.654. The van der Waals surface area contributed by atoms with Crippen molar-refractivity contribution in [2.75, 3.05) is 5.32 Å². The Bertz CT molecular complexity index is 474. The van der Waals surface area contributed by atoms with Gasteiger partial charge in [0.2, 0.25) is 5.13 Å². The van der Waals surface area contributed by atoms with Gasteiger partial charge in [0.15, 0.2) is 3.95 Å². The Kier molecular flexibility index (Phi) is 2.81. The number of nitrogens with one attached hydrogen (secondary N) is 2. The maximum absolute atomic E-state index is 5.76. The summed E-state index contributed by atoms with van der Waals surface area (Å²) < 4.78 is 0.654. The van der Waals surface area contributed by atoms with Crippen molar-refractivity contribution in [1.82, 2.24) is 10.2 Å². The van der Waals surface area contributed by atoms with E-state index in [0.717, 1.165) is 10.8 Å². The summed E-state index contributed by atoms with van der Waals surface area (Å²) in [4.78, 5) is 0. The Morgan fingerprint density at radius 3 is 2.64 bits per heavy atom. The first-order valence-corrected chi connectivity index (χ1v) is 5.42. The van der Waals surface area contributed by atoms with Gasteiger partial charge in [-0.05, 0) is 36.5 Å². The third-order valence-corrected chi connectivity index (χ3v) is 2.79. The molecule has 1 aromatic carbocycles. The standard InChI is InChI=1S/C8H6ClN3S2/c9-5-1-3-6(4-2-5)10-7-11-12-8(13)14-7/h1-4H,(H,10,11)(H,12,13). The van der Waals surface area contributed by atoms with E-state index in [2.05, 4.69) is 15.5 Å². The molecule has 1 aromatic heterocycles. The lowest BCUT2D eigenvalue weighted by atomic mass is 10.3. The maximum Gasteiger partial charge on any atom is 0.208 e. The monoisotopic (exact) mass is 243 g/mol. The zero-order valence-corrected chi connectivity index (χ0v) is 9.34. The normalized spacial score (nSPS) is 10.1. The molecule has 1 heterocycles. The van der Waals surface area contributed by atoms with E-state index >= 15 is 0 Å². The summed E-state index contributed by atoms with van der Waals surface area (Å²) in [6, 6.07) is 7.39. The van der Waals surface area contributed by atoms with Crippen LogP contribution >= 0.6 is 35.2 Å². The predicted molar refractivity (Wildman–Crippen MR) is 62.0 cm³/mol. The minimum Gasteiger partial charge on any atom is -0.330 e. The number of H-pyrrole nitrogens is 1. The molecule has 3 nitrogen and oxygen atoms in total. The van der Waals surface area contributed by atoms with Crippen LogP contribution in [0.3, 0.4) is 0 Å². The molecule has 0 spiro atoms. The molecule has 0 fully saturated rings. The van der Waals surface area contributed by atoms with E-state index in [0.29, 0.717) is 8.98 Å². The van der Waals surface area contributed by atoms with Crippen molar-refractivity contribution >= 4 is 46.0 Å². The van der Waals surface area contributed by atoms with E-state index in [1.807, 2.05) is 24.3 Å². The highest BCUT2D eigenvalue weighted by atomic mass is 35.5. The van der Waals surface area contributed by atoms with Crippen molar-refractivity contribution in [2.24, 2.45) is 0 Å². The molecule has 2 rings (SSSR count). The van der Waals surface area contributed by atoms with Crippen molar-refractivity contribution in [3.8, 4) is 0 Å². The molecule has 14 heavy (non-hydrogen) atoms. The van der Waals surface area contributed by atoms with Crippen LogP contribution in [0.2, 0.25) is 5.02 Å². The van der Waals surface area contributed by atoms with Gasteiger partial charge >= 0.3 is 0 Å². The number of nitrogens with zero attached hydrogens (tertiary/aromatic N) is 1. The molecule has 0 saturated heterocycles. The molecule has 6 heteroatoms. The first kappa shape index (κ1) is 9.64. The molecule has 2 N–H and O–H groups in total. The van der Waals surface area contributed by atoms with Gasteiger partial charge in [0, 0.05) is 10.7 Å². The van der Waals surface area contributed by atoms with E-state index in [4.69, 9.17) is 23.8 Å². The molecule has 0 amide bonds. The SMILES string of the molecule is S=c1[nH]nc(Nc2ccc(Cl)cc2)s1. The second-order valence-electron chi connectivity index (χ2n) is 2.55. The van der Waals surface area contributed by atoms with E-state index in [1.54, 1.807) is 0 Å². The number of rotatable bonds is 2. The van der Waals surface area contributed by atoms with Crippen molar-refractivity contribution < 1.29 is 0 Å². The maximum atomic E-state index is 5.76. The highest BCUT2D eigenvalue weighted by Gasteiger charge is 1.97. The molecule has 0 bridgehead atoms. The molecule has 0 atom stereocenters. The van der Waals surface area contributed by atoms with E-state index in [-0.39, 0.29) is 0 Å². The van der Waals surface area contributed by atoms with Crippen molar-refractivity contribution in [3.63, 3.8) is 0 Å². The van der Waals surface area contributed by atoms with Crippen LogP contribution in [0.4, 0.5) is 10.8 Å². The number of halogens is 1. The number of aromatic nitrogens is 2.